The summed E-state index contributed by atoms with van der Waals surface area (Å²) >= 11 is 0. The highest BCUT2D eigenvalue weighted by molar-refractivity contribution is 6.22. The van der Waals surface area contributed by atoms with E-state index >= 15 is 0 Å². The molecule has 2 amide bonds. The number of phenolic OH excluding ortho intramolecular Hbond substituents is 1. The minimum absolute atomic E-state index is 0.0805. The molecule has 1 aliphatic heterocycles. The first-order valence-electron chi connectivity index (χ1n) is 15.7. The topological polar surface area (TPSA) is 107 Å². The van der Waals surface area contributed by atoms with Crippen LogP contribution in [0.5, 0.6) is 11.5 Å². The Labute approximate surface area is 272 Å². The first-order chi connectivity index (χ1) is 22.9. The molecule has 6 rings (SSSR count). The highest BCUT2D eigenvalue weighted by Crippen LogP contribution is 2.47. The smallest absolute Gasteiger partial charge is 0.238 e. The van der Waals surface area contributed by atoms with Gasteiger partial charge in [-0.1, -0.05) is 78.9 Å². The highest BCUT2D eigenvalue weighted by Gasteiger charge is 2.55. The van der Waals surface area contributed by atoms with Gasteiger partial charge < -0.3 is 20.1 Å². The number of hydrogen-bond donors (Lipinski definition) is 3. The van der Waals surface area contributed by atoms with E-state index in [-0.39, 0.29) is 25.4 Å². The molecule has 4 atom stereocenters. The zero-order valence-corrected chi connectivity index (χ0v) is 25.7. The number of aromatic hydroxyl groups is 1. The van der Waals surface area contributed by atoms with Gasteiger partial charge in [0.25, 0.3) is 0 Å². The van der Waals surface area contributed by atoms with Crippen molar-refractivity contribution in [3.63, 3.8) is 0 Å². The van der Waals surface area contributed by atoms with Gasteiger partial charge in [0.1, 0.15) is 12.4 Å². The second kappa shape index (κ2) is 14.2. The molecule has 4 aromatic rings. The number of nitrogens with zero attached hydrogens (tertiary/aromatic N) is 1. The van der Waals surface area contributed by atoms with Gasteiger partial charge in [-0.3, -0.25) is 14.5 Å². The predicted octanol–water partition coefficient (Wildman–Crippen LogP) is 6.41. The van der Waals surface area contributed by atoms with Gasteiger partial charge in [0.15, 0.2) is 11.6 Å². The molecule has 240 valence electrons. The number of benzene rings is 4. The molecular weight excluding hydrogens is 597 g/mol. The summed E-state index contributed by atoms with van der Waals surface area (Å²) < 4.78 is 20.3. The average molecular weight is 634 g/mol. The van der Waals surface area contributed by atoms with Gasteiger partial charge in [0, 0.05) is 5.92 Å². The number of carbonyl (C=O) groups excluding carboxylic acids is 2. The maximum Gasteiger partial charge on any atom is 0.238 e. The lowest BCUT2D eigenvalue weighted by Gasteiger charge is -2.36. The maximum atomic E-state index is 14.2. The van der Waals surface area contributed by atoms with Crippen LogP contribution < -0.4 is 9.64 Å². The summed E-state index contributed by atoms with van der Waals surface area (Å²) in [6.45, 7) is -0.352. The molecule has 0 unspecified atom stereocenters. The average Bonchev–Trinajstić information content (AvgIpc) is 3.36. The Bertz CT molecular complexity index is 1790. The van der Waals surface area contributed by atoms with E-state index in [1.165, 1.54) is 17.0 Å². The number of fused-ring (bicyclic) bond motifs is 1. The molecule has 0 aromatic heterocycles. The van der Waals surface area contributed by atoms with Crippen molar-refractivity contribution in [2.75, 3.05) is 18.1 Å². The normalized spacial score (nSPS) is 20.4. The number of amides is 2. The fourth-order valence-electron chi connectivity index (χ4n) is 6.82. The molecule has 0 saturated carbocycles. The van der Waals surface area contributed by atoms with Crippen LogP contribution in [-0.4, -0.2) is 46.5 Å². The summed E-state index contributed by atoms with van der Waals surface area (Å²) in [6.07, 6.45) is 1.56. The van der Waals surface area contributed by atoms with Gasteiger partial charge in [-0.05, 0) is 83.5 Å². The first kappa shape index (κ1) is 31.9. The second-order valence-corrected chi connectivity index (χ2v) is 11.9. The molecule has 0 bridgehead atoms. The summed E-state index contributed by atoms with van der Waals surface area (Å²) in [5, 5.41) is 32.3. The van der Waals surface area contributed by atoms with Gasteiger partial charge in [-0.15, -0.1) is 0 Å². The molecule has 0 spiro atoms. The minimum atomic E-state index is -1.07. The Morgan fingerprint density at radius 3 is 2.23 bits per heavy atom. The molecule has 0 radical (unpaired) electrons. The number of halogens is 1. The number of hydrogen-bond acceptors (Lipinski definition) is 6. The Hall–Kier alpha value is -5.05. The van der Waals surface area contributed by atoms with Crippen molar-refractivity contribution in [2.24, 2.45) is 17.8 Å². The van der Waals surface area contributed by atoms with E-state index in [1.54, 1.807) is 30.3 Å². The van der Waals surface area contributed by atoms with Crippen LogP contribution in [0.15, 0.2) is 120 Å². The molecule has 4 aromatic carbocycles. The summed E-state index contributed by atoms with van der Waals surface area (Å²) in [6, 6.07) is 31.6. The summed E-state index contributed by atoms with van der Waals surface area (Å²) in [5.74, 6) is -3.60. The Kier molecular flexibility index (Phi) is 9.61. The first-order valence-corrected chi connectivity index (χ1v) is 15.7. The monoisotopic (exact) mass is 633 g/mol. The molecular formula is C39H36FNO6. The van der Waals surface area contributed by atoms with Gasteiger partial charge in [-0.25, -0.2) is 4.39 Å². The van der Waals surface area contributed by atoms with Crippen LogP contribution in [0.3, 0.4) is 0 Å². The number of imide groups is 1. The van der Waals surface area contributed by atoms with Crippen LogP contribution in [0, 0.1) is 23.6 Å². The number of allylic oxidation sites excluding steroid dienone is 1. The minimum Gasteiger partial charge on any atom is -0.505 e. The van der Waals surface area contributed by atoms with E-state index in [9.17, 15) is 29.3 Å². The lowest BCUT2D eigenvalue weighted by molar-refractivity contribution is -0.123. The lowest BCUT2D eigenvalue weighted by atomic mass is 9.68. The zero-order chi connectivity index (χ0) is 32.9. The van der Waals surface area contributed by atoms with E-state index in [2.05, 4.69) is 0 Å². The highest BCUT2D eigenvalue weighted by atomic mass is 19.1. The number of rotatable bonds is 11. The van der Waals surface area contributed by atoms with E-state index in [1.807, 2.05) is 72.8 Å². The molecule has 1 saturated heterocycles. The molecule has 2 aliphatic rings. The SMILES string of the molecule is O=C1[C@@H]2[C@@H](CC(COc3ccccc3)=C([C@H](O)CC/C(=C/c3ccc(O)c(F)c3)c3ccccc3)[C@@H]2CO)C(=O)N1c1ccccc1. The molecule has 1 heterocycles. The maximum absolute atomic E-state index is 14.2. The van der Waals surface area contributed by atoms with Gasteiger partial charge >= 0.3 is 0 Å². The summed E-state index contributed by atoms with van der Waals surface area (Å²) in [4.78, 5) is 28.8. The van der Waals surface area contributed by atoms with Crippen molar-refractivity contribution in [3.8, 4) is 11.5 Å². The van der Waals surface area contributed by atoms with Gasteiger partial charge in [0.2, 0.25) is 11.8 Å². The third kappa shape index (κ3) is 6.75. The van der Waals surface area contributed by atoms with Crippen LogP contribution in [0.1, 0.15) is 30.4 Å². The van der Waals surface area contributed by atoms with Gasteiger partial charge in [0.05, 0.1) is 30.2 Å². The van der Waals surface area contributed by atoms with Crippen molar-refractivity contribution in [1.29, 1.82) is 0 Å². The van der Waals surface area contributed by atoms with Crippen molar-refractivity contribution in [1.82, 2.24) is 0 Å². The van der Waals surface area contributed by atoms with Crippen molar-refractivity contribution in [2.45, 2.75) is 25.4 Å². The van der Waals surface area contributed by atoms with E-state index < -0.39 is 47.9 Å². The van der Waals surface area contributed by atoms with Crippen LogP contribution in [0.4, 0.5) is 10.1 Å². The quantitative estimate of drug-likeness (QED) is 0.100. The standard InChI is InChI=1S/C39H36FNO6/c40-33-21-25(16-18-34(33)43)20-27(26-10-4-1-5-11-26)17-19-35(44)36-28(24-47-30-14-8-3-9-15-30)22-31-37(32(36)23-42)39(46)41(38(31)45)29-12-6-2-7-13-29/h1-16,18,20-21,31-32,35,37,42-44H,17,19,22-24H2/b27-20-/t31-,32+,35-,37-/m1/s1. The Balaban J connectivity index is 1.33. The fourth-order valence-corrected chi connectivity index (χ4v) is 6.82. The Morgan fingerprint density at radius 1 is 0.915 bits per heavy atom. The molecule has 1 aliphatic carbocycles. The third-order valence-electron chi connectivity index (χ3n) is 9.05. The number of aliphatic hydroxyl groups excluding tert-OH is 2. The van der Waals surface area contributed by atoms with Crippen LogP contribution >= 0.6 is 0 Å². The van der Waals surface area contributed by atoms with Crippen molar-refractivity contribution < 1.29 is 34.0 Å². The van der Waals surface area contributed by atoms with Crippen LogP contribution in [-0.2, 0) is 9.59 Å². The van der Waals surface area contributed by atoms with E-state index in [0.29, 0.717) is 34.6 Å². The number of para-hydroxylation sites is 2. The Morgan fingerprint density at radius 2 is 1.57 bits per heavy atom. The summed E-state index contributed by atoms with van der Waals surface area (Å²) in [5.41, 5.74) is 3.93. The fraction of sp³-hybridized carbons (Fsp3) is 0.231. The molecule has 7 nitrogen and oxygen atoms in total. The number of aliphatic hydroxyl groups is 2. The number of carbonyl (C=O) groups is 2. The molecule has 8 heteroatoms. The van der Waals surface area contributed by atoms with Crippen molar-refractivity contribution in [3.05, 3.63) is 137 Å². The van der Waals surface area contributed by atoms with Crippen LogP contribution in [0.2, 0.25) is 0 Å². The number of phenols is 1. The molecule has 3 N–H and O–H groups in total. The largest absolute Gasteiger partial charge is 0.505 e. The second-order valence-electron chi connectivity index (χ2n) is 11.9. The van der Waals surface area contributed by atoms with Crippen LogP contribution in [0.25, 0.3) is 11.6 Å². The lowest BCUT2D eigenvalue weighted by Crippen LogP contribution is -2.40. The zero-order valence-electron chi connectivity index (χ0n) is 25.7. The van der Waals surface area contributed by atoms with Crippen molar-refractivity contribution >= 4 is 29.2 Å². The summed E-state index contributed by atoms with van der Waals surface area (Å²) in [7, 11) is 0. The van der Waals surface area contributed by atoms with E-state index in [4.69, 9.17) is 4.74 Å². The predicted molar refractivity (Wildman–Crippen MR) is 178 cm³/mol. The number of ether oxygens (including phenoxy) is 1. The third-order valence-corrected chi connectivity index (χ3v) is 9.05. The van der Waals surface area contributed by atoms with Gasteiger partial charge in [-0.2, -0.15) is 0 Å². The number of anilines is 1. The van der Waals surface area contributed by atoms with E-state index in [0.717, 1.165) is 11.1 Å². The molecule has 47 heavy (non-hydrogen) atoms. The molecule has 1 fully saturated rings.